The van der Waals surface area contributed by atoms with Crippen molar-refractivity contribution in [2.45, 2.75) is 18.9 Å². The monoisotopic (exact) mass is 372 g/mol. The number of carbonyl (C=O) groups excluding carboxylic acids is 3. The second-order valence-electron chi connectivity index (χ2n) is 5.51. The van der Waals surface area contributed by atoms with Crippen molar-refractivity contribution in [2.75, 3.05) is 18.8 Å². The minimum absolute atomic E-state index is 0.000912. The van der Waals surface area contributed by atoms with Crippen LogP contribution in [-0.2, 0) is 16.0 Å². The van der Waals surface area contributed by atoms with Crippen LogP contribution >= 0.6 is 35.0 Å². The lowest BCUT2D eigenvalue weighted by atomic mass is 10.0. The zero-order valence-corrected chi connectivity index (χ0v) is 14.5. The number of benzene rings is 1. The van der Waals surface area contributed by atoms with Crippen LogP contribution in [0.15, 0.2) is 18.2 Å². The van der Waals surface area contributed by atoms with E-state index in [0.717, 1.165) is 17.3 Å². The lowest BCUT2D eigenvalue weighted by Gasteiger charge is -2.42. The van der Waals surface area contributed by atoms with E-state index in [1.54, 1.807) is 17.0 Å². The van der Waals surface area contributed by atoms with Crippen LogP contribution in [0.4, 0.5) is 4.79 Å². The van der Waals surface area contributed by atoms with E-state index in [1.807, 2.05) is 6.07 Å². The number of aryl methyl sites for hydroxylation is 1. The fraction of sp³-hybridized carbons (Fsp3) is 0.400. The normalized spacial score (nSPS) is 18.5. The molecule has 2 fully saturated rings. The summed E-state index contributed by atoms with van der Waals surface area (Å²) in [5, 5.41) is 0.908. The molecule has 0 unspecified atom stereocenters. The van der Waals surface area contributed by atoms with E-state index < -0.39 is 0 Å². The third-order valence-electron chi connectivity index (χ3n) is 3.99. The first-order valence-electron chi connectivity index (χ1n) is 7.16. The van der Waals surface area contributed by atoms with Crippen LogP contribution in [0.1, 0.15) is 12.0 Å². The molecule has 0 saturated carbocycles. The Morgan fingerprint density at radius 2 is 2.00 bits per heavy atom. The van der Waals surface area contributed by atoms with Gasteiger partial charge in [-0.1, -0.05) is 41.0 Å². The zero-order chi connectivity index (χ0) is 16.6. The van der Waals surface area contributed by atoms with Gasteiger partial charge in [0.2, 0.25) is 11.8 Å². The van der Waals surface area contributed by atoms with E-state index in [2.05, 4.69) is 0 Å². The SMILES string of the molecule is O=C(CCc1ccc(Cl)cc1Cl)N1CC(N2C(=O)CSC2=O)C1. The molecule has 1 aromatic carbocycles. The van der Waals surface area contributed by atoms with E-state index in [1.165, 1.54) is 4.90 Å². The van der Waals surface area contributed by atoms with E-state index in [9.17, 15) is 14.4 Å². The fourth-order valence-electron chi connectivity index (χ4n) is 2.66. The number of rotatable bonds is 4. The number of hydrogen-bond donors (Lipinski definition) is 0. The second kappa shape index (κ2) is 6.71. The zero-order valence-electron chi connectivity index (χ0n) is 12.1. The van der Waals surface area contributed by atoms with Crippen molar-refractivity contribution < 1.29 is 14.4 Å². The average Bonchev–Trinajstić information content (AvgIpc) is 2.77. The molecule has 23 heavy (non-hydrogen) atoms. The molecule has 2 heterocycles. The van der Waals surface area contributed by atoms with Gasteiger partial charge in [-0.2, -0.15) is 0 Å². The quantitative estimate of drug-likeness (QED) is 0.815. The van der Waals surface area contributed by atoms with Gasteiger partial charge in [0.25, 0.3) is 5.24 Å². The van der Waals surface area contributed by atoms with Crippen LogP contribution < -0.4 is 0 Å². The van der Waals surface area contributed by atoms with E-state index >= 15 is 0 Å². The van der Waals surface area contributed by atoms with Gasteiger partial charge < -0.3 is 4.90 Å². The molecule has 2 saturated heterocycles. The van der Waals surface area contributed by atoms with Gasteiger partial charge >= 0.3 is 0 Å². The van der Waals surface area contributed by atoms with Crippen molar-refractivity contribution in [1.82, 2.24) is 9.80 Å². The highest BCUT2D eigenvalue weighted by Crippen LogP contribution is 2.27. The highest BCUT2D eigenvalue weighted by Gasteiger charge is 2.43. The number of imide groups is 1. The summed E-state index contributed by atoms with van der Waals surface area (Å²) in [5.41, 5.74) is 0.878. The molecular formula is C15H14Cl2N2O3S. The van der Waals surface area contributed by atoms with E-state index in [0.29, 0.717) is 36.0 Å². The fourth-order valence-corrected chi connectivity index (χ4v) is 3.94. The van der Waals surface area contributed by atoms with Crippen LogP contribution in [0.5, 0.6) is 0 Å². The van der Waals surface area contributed by atoms with Crippen LogP contribution in [-0.4, -0.2) is 51.7 Å². The molecule has 8 heteroatoms. The number of carbonyl (C=O) groups is 3. The standard InChI is InChI=1S/C15H14Cl2N2O3S/c16-10-3-1-9(12(17)5-10)2-4-13(20)18-6-11(7-18)19-14(21)8-23-15(19)22/h1,3,5,11H,2,4,6-8H2. The van der Waals surface area contributed by atoms with Gasteiger partial charge in [0.05, 0.1) is 11.8 Å². The molecule has 1 aromatic rings. The van der Waals surface area contributed by atoms with Gasteiger partial charge in [-0.25, -0.2) is 0 Å². The summed E-state index contributed by atoms with van der Waals surface area (Å²) in [7, 11) is 0. The number of halogens is 2. The first-order valence-corrected chi connectivity index (χ1v) is 8.90. The van der Waals surface area contributed by atoms with Gasteiger partial charge in [0.1, 0.15) is 0 Å². The van der Waals surface area contributed by atoms with E-state index in [4.69, 9.17) is 23.2 Å². The minimum atomic E-state index is -0.208. The van der Waals surface area contributed by atoms with Gasteiger partial charge in [-0.05, 0) is 24.1 Å². The molecular weight excluding hydrogens is 359 g/mol. The molecule has 0 bridgehead atoms. The van der Waals surface area contributed by atoms with Crippen LogP contribution in [0, 0.1) is 0 Å². The molecule has 122 valence electrons. The summed E-state index contributed by atoms with van der Waals surface area (Å²) in [6, 6.07) is 5.04. The number of thioether (sulfide) groups is 1. The Bertz CT molecular complexity index is 661. The average molecular weight is 373 g/mol. The summed E-state index contributed by atoms with van der Waals surface area (Å²) in [5.74, 6) is 0.0438. The van der Waals surface area contributed by atoms with Crippen LogP contribution in [0.2, 0.25) is 10.0 Å². The maximum Gasteiger partial charge on any atom is 0.289 e. The number of hydrogen-bond acceptors (Lipinski definition) is 4. The van der Waals surface area contributed by atoms with Gasteiger partial charge in [0, 0.05) is 29.6 Å². The molecule has 3 rings (SSSR count). The highest BCUT2D eigenvalue weighted by molar-refractivity contribution is 8.14. The summed E-state index contributed by atoms with van der Waals surface area (Å²) < 4.78 is 0. The third-order valence-corrected chi connectivity index (χ3v) is 5.41. The maximum atomic E-state index is 12.2. The molecule has 0 spiro atoms. The topological polar surface area (TPSA) is 57.7 Å². The predicted molar refractivity (Wildman–Crippen MR) is 89.9 cm³/mol. The van der Waals surface area contributed by atoms with E-state index in [-0.39, 0.29) is 28.8 Å². The Kier molecular flexibility index (Phi) is 4.85. The largest absolute Gasteiger partial charge is 0.338 e. The van der Waals surface area contributed by atoms with Gasteiger partial charge in [0.15, 0.2) is 0 Å². The molecule has 5 nitrogen and oxygen atoms in total. The smallest absolute Gasteiger partial charge is 0.289 e. The number of nitrogens with zero attached hydrogens (tertiary/aromatic N) is 2. The lowest BCUT2D eigenvalue weighted by Crippen LogP contribution is -2.62. The Labute approximate surface area is 147 Å². The summed E-state index contributed by atoms with van der Waals surface area (Å²) in [6.07, 6.45) is 0.873. The molecule has 0 N–H and O–H groups in total. The first-order chi connectivity index (χ1) is 11.0. The van der Waals surface area contributed by atoms with Gasteiger partial charge in [-0.15, -0.1) is 0 Å². The van der Waals surface area contributed by atoms with Crippen molar-refractivity contribution >= 4 is 52.0 Å². The Balaban J connectivity index is 1.49. The Hall–Kier alpha value is -1.24. The van der Waals surface area contributed by atoms with Crippen molar-refractivity contribution in [3.05, 3.63) is 33.8 Å². The molecule has 0 aliphatic carbocycles. The van der Waals surface area contributed by atoms with Crippen LogP contribution in [0.3, 0.4) is 0 Å². The Morgan fingerprint density at radius 3 is 2.61 bits per heavy atom. The molecule has 3 amide bonds. The highest BCUT2D eigenvalue weighted by atomic mass is 35.5. The molecule has 2 aliphatic heterocycles. The Morgan fingerprint density at radius 1 is 1.26 bits per heavy atom. The van der Waals surface area contributed by atoms with Crippen molar-refractivity contribution in [2.24, 2.45) is 0 Å². The predicted octanol–water partition coefficient (Wildman–Crippen LogP) is 2.83. The molecule has 0 radical (unpaired) electrons. The summed E-state index contributed by atoms with van der Waals surface area (Å²) in [4.78, 5) is 38.3. The summed E-state index contributed by atoms with van der Waals surface area (Å²) in [6.45, 7) is 0.844. The van der Waals surface area contributed by atoms with Crippen LogP contribution in [0.25, 0.3) is 0 Å². The van der Waals surface area contributed by atoms with Crippen molar-refractivity contribution in [3.8, 4) is 0 Å². The third kappa shape index (κ3) is 3.49. The maximum absolute atomic E-state index is 12.2. The van der Waals surface area contributed by atoms with Gasteiger partial charge in [-0.3, -0.25) is 19.3 Å². The minimum Gasteiger partial charge on any atom is -0.338 e. The molecule has 0 atom stereocenters. The molecule has 2 aliphatic rings. The van der Waals surface area contributed by atoms with Crippen molar-refractivity contribution in [3.63, 3.8) is 0 Å². The van der Waals surface area contributed by atoms with Crippen molar-refractivity contribution in [1.29, 1.82) is 0 Å². The first kappa shape index (κ1) is 16.6. The molecule has 0 aromatic heterocycles. The lowest BCUT2D eigenvalue weighted by molar-refractivity contribution is -0.142. The number of likely N-dealkylation sites (tertiary alicyclic amines) is 1. The second-order valence-corrected chi connectivity index (χ2v) is 7.28. The summed E-state index contributed by atoms with van der Waals surface area (Å²) >= 11 is 13.0. The number of amides is 3.